The molecule has 100 valence electrons. The quantitative estimate of drug-likeness (QED) is 0.780. The number of rotatable bonds is 2. The van der Waals surface area contributed by atoms with E-state index in [2.05, 4.69) is 31.9 Å². The van der Waals surface area contributed by atoms with Crippen LogP contribution in [0, 0.1) is 0 Å². The predicted octanol–water partition coefficient (Wildman–Crippen LogP) is 3.58. The maximum absolute atomic E-state index is 4.55. The summed E-state index contributed by atoms with van der Waals surface area (Å²) in [4.78, 5) is 6.03. The Morgan fingerprint density at radius 2 is 2.00 bits per heavy atom. The summed E-state index contributed by atoms with van der Waals surface area (Å²) in [7, 11) is 0. The first-order valence-electron chi connectivity index (χ1n) is 6.82. The molecule has 2 heterocycles. The topological polar surface area (TPSA) is 50.7 Å². The van der Waals surface area contributed by atoms with E-state index in [4.69, 9.17) is 0 Å². The van der Waals surface area contributed by atoms with E-state index in [1.54, 1.807) is 0 Å². The van der Waals surface area contributed by atoms with Crippen molar-refractivity contribution < 1.29 is 0 Å². The van der Waals surface area contributed by atoms with Gasteiger partial charge in [-0.2, -0.15) is 0 Å². The lowest BCUT2D eigenvalue weighted by atomic mass is 9.94. The second kappa shape index (κ2) is 4.83. The van der Waals surface area contributed by atoms with Crippen molar-refractivity contribution in [2.45, 2.75) is 25.3 Å². The summed E-state index contributed by atoms with van der Waals surface area (Å²) in [6, 6.07) is 10.3. The first-order chi connectivity index (χ1) is 9.90. The summed E-state index contributed by atoms with van der Waals surface area (Å²) in [6.45, 7) is 0. The molecule has 3 aromatic rings. The van der Waals surface area contributed by atoms with E-state index in [1.165, 1.54) is 23.3 Å². The first-order valence-corrected chi connectivity index (χ1v) is 7.70. The van der Waals surface area contributed by atoms with Gasteiger partial charge in [0.2, 0.25) is 5.95 Å². The molecule has 1 aliphatic rings. The summed E-state index contributed by atoms with van der Waals surface area (Å²) in [5, 5.41) is 14.0. The molecule has 2 aromatic heterocycles. The lowest BCUT2D eigenvalue weighted by Crippen LogP contribution is -2.17. The summed E-state index contributed by atoms with van der Waals surface area (Å²) in [6.07, 6.45) is 3.54. The van der Waals surface area contributed by atoms with E-state index in [-0.39, 0.29) is 0 Å². The standard InChI is InChI=1S/C15H14N4S/c1-2-5-13-12(4-1)17-15(19-18-13)16-11-6-3-7-14-10(11)8-9-20-14/h1-2,4-5,8-9,11H,3,6-7H2,(H,16,17,19). The van der Waals surface area contributed by atoms with Crippen LogP contribution in [0.5, 0.6) is 0 Å². The second-order valence-corrected chi connectivity index (χ2v) is 6.01. The number of nitrogens with zero attached hydrogens (tertiary/aromatic N) is 3. The minimum atomic E-state index is 0.313. The maximum atomic E-state index is 4.55. The molecular formula is C15H14N4S. The SMILES string of the molecule is c1ccc2nc(NC3CCCc4sccc43)nnc2c1. The van der Waals surface area contributed by atoms with E-state index >= 15 is 0 Å². The Balaban J connectivity index is 1.65. The smallest absolute Gasteiger partial charge is 0.243 e. The molecular weight excluding hydrogens is 268 g/mol. The van der Waals surface area contributed by atoms with Crippen LogP contribution in [0.25, 0.3) is 11.0 Å². The number of fused-ring (bicyclic) bond motifs is 2. The summed E-state index contributed by atoms with van der Waals surface area (Å²) < 4.78 is 0. The van der Waals surface area contributed by atoms with Crippen molar-refractivity contribution >= 4 is 28.3 Å². The largest absolute Gasteiger partial charge is 0.346 e. The Labute approximate surface area is 120 Å². The molecule has 1 atom stereocenters. The number of aromatic nitrogens is 3. The van der Waals surface area contributed by atoms with Gasteiger partial charge in [0.1, 0.15) is 5.52 Å². The molecule has 4 rings (SSSR count). The molecule has 1 aliphatic carbocycles. The third-order valence-electron chi connectivity index (χ3n) is 3.72. The normalized spacial score (nSPS) is 17.9. The zero-order valence-corrected chi connectivity index (χ0v) is 11.7. The van der Waals surface area contributed by atoms with Crippen molar-refractivity contribution in [3.8, 4) is 0 Å². The van der Waals surface area contributed by atoms with Crippen molar-refractivity contribution in [1.29, 1.82) is 0 Å². The van der Waals surface area contributed by atoms with Gasteiger partial charge in [-0.15, -0.1) is 21.5 Å². The van der Waals surface area contributed by atoms with Crippen LogP contribution in [-0.2, 0) is 6.42 Å². The van der Waals surface area contributed by atoms with Crippen molar-refractivity contribution in [2.75, 3.05) is 5.32 Å². The highest BCUT2D eigenvalue weighted by Gasteiger charge is 2.21. The fourth-order valence-corrected chi connectivity index (χ4v) is 3.72. The number of para-hydroxylation sites is 1. The maximum Gasteiger partial charge on any atom is 0.243 e. The van der Waals surface area contributed by atoms with Crippen molar-refractivity contribution in [3.63, 3.8) is 0 Å². The van der Waals surface area contributed by atoms with Gasteiger partial charge >= 0.3 is 0 Å². The molecule has 0 fully saturated rings. The van der Waals surface area contributed by atoms with Gasteiger partial charge < -0.3 is 5.32 Å². The van der Waals surface area contributed by atoms with Crippen molar-refractivity contribution in [1.82, 2.24) is 15.2 Å². The number of anilines is 1. The Morgan fingerprint density at radius 1 is 1.10 bits per heavy atom. The van der Waals surface area contributed by atoms with Crippen LogP contribution >= 0.6 is 11.3 Å². The molecule has 5 heteroatoms. The van der Waals surface area contributed by atoms with Crippen molar-refractivity contribution in [3.05, 3.63) is 46.2 Å². The van der Waals surface area contributed by atoms with Gasteiger partial charge in [0.15, 0.2) is 0 Å². The van der Waals surface area contributed by atoms with Gasteiger partial charge in [-0.25, -0.2) is 4.98 Å². The predicted molar refractivity (Wildman–Crippen MR) is 81.0 cm³/mol. The molecule has 0 aliphatic heterocycles. The molecule has 0 saturated heterocycles. The molecule has 0 bridgehead atoms. The fourth-order valence-electron chi connectivity index (χ4n) is 2.73. The Kier molecular flexibility index (Phi) is 2.85. The molecule has 0 radical (unpaired) electrons. The number of hydrogen-bond donors (Lipinski definition) is 1. The average molecular weight is 282 g/mol. The van der Waals surface area contributed by atoms with Gasteiger partial charge in [0.25, 0.3) is 0 Å². The minimum Gasteiger partial charge on any atom is -0.346 e. The van der Waals surface area contributed by atoms with E-state index in [9.17, 15) is 0 Å². The lowest BCUT2D eigenvalue weighted by Gasteiger charge is -2.23. The highest BCUT2D eigenvalue weighted by Crippen LogP contribution is 2.34. The first kappa shape index (κ1) is 11.8. The number of nitrogens with one attached hydrogen (secondary N) is 1. The van der Waals surface area contributed by atoms with Crippen molar-refractivity contribution in [2.24, 2.45) is 0 Å². The molecule has 1 N–H and O–H groups in total. The fraction of sp³-hybridized carbons (Fsp3) is 0.267. The third kappa shape index (κ3) is 2.04. The van der Waals surface area contributed by atoms with Gasteiger partial charge in [0, 0.05) is 4.88 Å². The third-order valence-corrected chi connectivity index (χ3v) is 4.71. The van der Waals surface area contributed by atoms with Crippen LogP contribution in [-0.4, -0.2) is 15.2 Å². The van der Waals surface area contributed by atoms with Gasteiger partial charge in [-0.3, -0.25) is 0 Å². The van der Waals surface area contributed by atoms with E-state index < -0.39 is 0 Å². The van der Waals surface area contributed by atoms with Crippen LogP contribution in [0.1, 0.15) is 29.3 Å². The highest BCUT2D eigenvalue weighted by molar-refractivity contribution is 7.10. The second-order valence-electron chi connectivity index (χ2n) is 5.01. The van der Waals surface area contributed by atoms with Gasteiger partial charge in [0.05, 0.1) is 11.6 Å². The van der Waals surface area contributed by atoms with Crippen LogP contribution in [0.15, 0.2) is 35.7 Å². The number of thiophene rings is 1. The zero-order valence-electron chi connectivity index (χ0n) is 10.9. The number of aryl methyl sites for hydroxylation is 1. The molecule has 0 amide bonds. The van der Waals surface area contributed by atoms with E-state index in [0.29, 0.717) is 12.0 Å². The number of benzene rings is 1. The number of hydrogen-bond acceptors (Lipinski definition) is 5. The minimum absolute atomic E-state index is 0.313. The molecule has 0 spiro atoms. The Morgan fingerprint density at radius 3 is 2.95 bits per heavy atom. The van der Waals surface area contributed by atoms with E-state index in [1.807, 2.05) is 35.6 Å². The molecule has 4 nitrogen and oxygen atoms in total. The van der Waals surface area contributed by atoms with Crippen LogP contribution in [0.4, 0.5) is 5.95 Å². The molecule has 20 heavy (non-hydrogen) atoms. The lowest BCUT2D eigenvalue weighted by molar-refractivity contribution is 0.604. The average Bonchev–Trinajstić information content (AvgIpc) is 2.97. The van der Waals surface area contributed by atoms with Gasteiger partial charge in [-0.1, -0.05) is 12.1 Å². The monoisotopic (exact) mass is 282 g/mol. The van der Waals surface area contributed by atoms with Crippen LogP contribution in [0.2, 0.25) is 0 Å². The van der Waals surface area contributed by atoms with Crippen LogP contribution in [0.3, 0.4) is 0 Å². The molecule has 0 saturated carbocycles. The summed E-state index contributed by atoms with van der Waals surface area (Å²) >= 11 is 1.85. The zero-order chi connectivity index (χ0) is 13.4. The molecule has 1 aromatic carbocycles. The Hall–Kier alpha value is -2.01. The van der Waals surface area contributed by atoms with Gasteiger partial charge in [-0.05, 0) is 48.4 Å². The van der Waals surface area contributed by atoms with E-state index in [0.717, 1.165) is 17.5 Å². The van der Waals surface area contributed by atoms with Crippen LogP contribution < -0.4 is 5.32 Å². The molecule has 1 unspecified atom stereocenters. The summed E-state index contributed by atoms with van der Waals surface area (Å²) in [5.41, 5.74) is 3.11. The highest BCUT2D eigenvalue weighted by atomic mass is 32.1. The Bertz CT molecular complexity index is 752. The summed E-state index contributed by atoms with van der Waals surface area (Å²) in [5.74, 6) is 0.618.